The van der Waals surface area contributed by atoms with Crippen molar-refractivity contribution in [2.24, 2.45) is 0 Å². The predicted molar refractivity (Wildman–Crippen MR) is 105 cm³/mol. The summed E-state index contributed by atoms with van der Waals surface area (Å²) in [5.74, 6) is 0.879. The average Bonchev–Trinajstić information content (AvgIpc) is 3.11. The minimum atomic E-state index is 0.782. The second kappa shape index (κ2) is 6.95. The highest BCUT2D eigenvalue weighted by atomic mass is 32.1. The van der Waals surface area contributed by atoms with Crippen molar-refractivity contribution >= 4 is 27.2 Å². The van der Waals surface area contributed by atoms with E-state index in [1.807, 2.05) is 18.2 Å². The molecule has 4 rings (SSSR count). The lowest BCUT2D eigenvalue weighted by Crippen LogP contribution is -1.99. The Hall–Kier alpha value is -2.85. The molecular weight excluding hydrogens is 328 g/mol. The lowest BCUT2D eigenvalue weighted by atomic mass is 10.2. The molecule has 1 N–H and O–H groups in total. The molecule has 4 aromatic rings. The van der Waals surface area contributed by atoms with Crippen molar-refractivity contribution in [2.75, 3.05) is 12.4 Å². The molecule has 3 nitrogen and oxygen atoms in total. The molecule has 0 saturated heterocycles. The van der Waals surface area contributed by atoms with E-state index in [1.165, 1.54) is 10.3 Å². The third-order valence-electron chi connectivity index (χ3n) is 4.08. The summed E-state index contributed by atoms with van der Waals surface area (Å²) >= 11 is 1.73. The lowest BCUT2D eigenvalue weighted by molar-refractivity contribution is 0.414. The zero-order valence-electron chi connectivity index (χ0n) is 13.9. The summed E-state index contributed by atoms with van der Waals surface area (Å²) in [6.07, 6.45) is 0. The Morgan fingerprint density at radius 2 is 1.68 bits per heavy atom. The topological polar surface area (TPSA) is 34.1 Å². The summed E-state index contributed by atoms with van der Waals surface area (Å²) in [6, 6.07) is 24.8. The molecule has 25 heavy (non-hydrogen) atoms. The van der Waals surface area contributed by atoms with Gasteiger partial charge in [0.05, 0.1) is 17.3 Å². The number of ether oxygens (including phenoxy) is 1. The van der Waals surface area contributed by atoms with Crippen LogP contribution in [-0.2, 0) is 6.54 Å². The van der Waals surface area contributed by atoms with Gasteiger partial charge in [-0.1, -0.05) is 24.3 Å². The van der Waals surface area contributed by atoms with Crippen molar-refractivity contribution < 1.29 is 4.74 Å². The number of thiazole rings is 1. The number of hydrogen-bond donors (Lipinski definition) is 1. The number of hydrogen-bond acceptors (Lipinski definition) is 4. The van der Waals surface area contributed by atoms with E-state index in [9.17, 15) is 0 Å². The highest BCUT2D eigenvalue weighted by Crippen LogP contribution is 2.30. The number of methoxy groups -OCH3 is 1. The number of fused-ring (bicyclic) bond motifs is 1. The third kappa shape index (κ3) is 3.49. The van der Waals surface area contributed by atoms with Crippen molar-refractivity contribution in [1.29, 1.82) is 0 Å². The van der Waals surface area contributed by atoms with Gasteiger partial charge in [0.15, 0.2) is 0 Å². The number of rotatable bonds is 5. The van der Waals surface area contributed by atoms with Crippen molar-refractivity contribution in [3.63, 3.8) is 0 Å². The second-order valence-electron chi connectivity index (χ2n) is 5.77. The van der Waals surface area contributed by atoms with Gasteiger partial charge in [0.1, 0.15) is 10.8 Å². The smallest absolute Gasteiger partial charge is 0.124 e. The number of benzene rings is 3. The van der Waals surface area contributed by atoms with Gasteiger partial charge in [-0.3, -0.25) is 0 Å². The zero-order chi connectivity index (χ0) is 17.1. The first-order chi connectivity index (χ1) is 12.3. The Labute approximate surface area is 150 Å². The molecule has 0 aliphatic carbocycles. The van der Waals surface area contributed by atoms with Gasteiger partial charge in [-0.25, -0.2) is 4.98 Å². The summed E-state index contributed by atoms with van der Waals surface area (Å²) in [6.45, 7) is 0.782. The fourth-order valence-electron chi connectivity index (χ4n) is 2.67. The molecule has 1 heterocycles. The van der Waals surface area contributed by atoms with E-state index in [0.717, 1.165) is 34.1 Å². The van der Waals surface area contributed by atoms with Crippen molar-refractivity contribution in [1.82, 2.24) is 4.98 Å². The van der Waals surface area contributed by atoms with Crippen LogP contribution in [0.3, 0.4) is 0 Å². The third-order valence-corrected chi connectivity index (χ3v) is 5.17. The van der Waals surface area contributed by atoms with Crippen LogP contribution in [0.1, 0.15) is 5.56 Å². The van der Waals surface area contributed by atoms with Crippen LogP contribution in [0.2, 0.25) is 0 Å². The molecule has 0 saturated carbocycles. The van der Waals surface area contributed by atoms with Crippen LogP contribution in [0.25, 0.3) is 20.8 Å². The minimum absolute atomic E-state index is 0.782. The van der Waals surface area contributed by atoms with Crippen LogP contribution >= 0.6 is 11.3 Å². The Bertz CT molecular complexity index is 942. The largest absolute Gasteiger partial charge is 0.497 e. The fraction of sp³-hybridized carbons (Fsp3) is 0.0952. The molecule has 0 aliphatic heterocycles. The van der Waals surface area contributed by atoms with E-state index in [0.29, 0.717) is 0 Å². The highest BCUT2D eigenvalue weighted by Gasteiger charge is 2.05. The molecule has 0 radical (unpaired) electrons. The van der Waals surface area contributed by atoms with E-state index in [-0.39, 0.29) is 0 Å². The Balaban J connectivity index is 1.45. The van der Waals surface area contributed by atoms with Crippen LogP contribution < -0.4 is 10.1 Å². The average molecular weight is 346 g/mol. The lowest BCUT2D eigenvalue weighted by Gasteiger charge is -2.08. The van der Waals surface area contributed by atoms with Gasteiger partial charge >= 0.3 is 0 Å². The first-order valence-corrected chi connectivity index (χ1v) is 8.96. The molecule has 0 atom stereocenters. The molecule has 1 aromatic heterocycles. The quantitative estimate of drug-likeness (QED) is 0.512. The summed E-state index contributed by atoms with van der Waals surface area (Å²) < 4.78 is 6.41. The number of nitrogens with zero attached hydrogens (tertiary/aromatic N) is 1. The van der Waals surface area contributed by atoms with E-state index in [2.05, 4.69) is 59.9 Å². The van der Waals surface area contributed by atoms with Crippen LogP contribution in [0, 0.1) is 0 Å². The zero-order valence-corrected chi connectivity index (χ0v) is 14.7. The summed E-state index contributed by atoms with van der Waals surface area (Å²) in [7, 11) is 1.68. The molecule has 0 bridgehead atoms. The molecule has 4 heteroatoms. The molecule has 3 aromatic carbocycles. The van der Waals surface area contributed by atoms with Crippen LogP contribution in [0.4, 0.5) is 5.69 Å². The first kappa shape index (κ1) is 15.7. The maximum absolute atomic E-state index is 5.18. The normalized spacial score (nSPS) is 10.8. The van der Waals surface area contributed by atoms with Crippen molar-refractivity contribution in [3.05, 3.63) is 78.4 Å². The fourth-order valence-corrected chi connectivity index (χ4v) is 3.64. The molecule has 0 spiro atoms. The molecule has 124 valence electrons. The van der Waals surface area contributed by atoms with Crippen LogP contribution in [0.15, 0.2) is 72.8 Å². The Kier molecular flexibility index (Phi) is 4.36. The number of para-hydroxylation sites is 1. The van der Waals surface area contributed by atoms with Gasteiger partial charge in [-0.05, 0) is 54.1 Å². The highest BCUT2D eigenvalue weighted by molar-refractivity contribution is 7.21. The standard InChI is InChI=1S/C21H18N2OS/c1-24-18-12-6-15(7-13-18)14-22-17-10-8-16(9-11-17)21-23-19-4-2-3-5-20(19)25-21/h2-13,22H,14H2,1H3. The number of nitrogens with one attached hydrogen (secondary N) is 1. The van der Waals surface area contributed by atoms with E-state index in [1.54, 1.807) is 18.4 Å². The molecule has 0 aliphatic rings. The minimum Gasteiger partial charge on any atom is -0.497 e. The molecule has 0 unspecified atom stereocenters. The molecule has 0 fully saturated rings. The van der Waals surface area contributed by atoms with Gasteiger partial charge in [-0.15, -0.1) is 11.3 Å². The van der Waals surface area contributed by atoms with E-state index in [4.69, 9.17) is 9.72 Å². The maximum Gasteiger partial charge on any atom is 0.124 e. The van der Waals surface area contributed by atoms with Crippen LogP contribution in [0.5, 0.6) is 5.75 Å². The maximum atomic E-state index is 5.18. The number of anilines is 1. The van der Waals surface area contributed by atoms with Gasteiger partial charge in [0.25, 0.3) is 0 Å². The van der Waals surface area contributed by atoms with Crippen molar-refractivity contribution in [2.45, 2.75) is 6.54 Å². The number of aromatic nitrogens is 1. The summed E-state index contributed by atoms with van der Waals surface area (Å²) in [5.41, 5.74) is 4.53. The summed E-state index contributed by atoms with van der Waals surface area (Å²) in [5, 5.41) is 4.50. The van der Waals surface area contributed by atoms with E-state index < -0.39 is 0 Å². The first-order valence-electron chi connectivity index (χ1n) is 8.15. The van der Waals surface area contributed by atoms with E-state index >= 15 is 0 Å². The molecule has 0 amide bonds. The predicted octanol–water partition coefficient (Wildman–Crippen LogP) is 5.58. The Morgan fingerprint density at radius 1 is 0.920 bits per heavy atom. The van der Waals surface area contributed by atoms with Gasteiger partial charge < -0.3 is 10.1 Å². The Morgan fingerprint density at radius 3 is 2.40 bits per heavy atom. The van der Waals surface area contributed by atoms with Gasteiger partial charge in [-0.2, -0.15) is 0 Å². The molecular formula is C21H18N2OS. The van der Waals surface area contributed by atoms with Crippen molar-refractivity contribution in [3.8, 4) is 16.3 Å². The summed E-state index contributed by atoms with van der Waals surface area (Å²) in [4.78, 5) is 4.71. The SMILES string of the molecule is COc1ccc(CNc2ccc(-c3nc4ccccc4s3)cc2)cc1. The van der Waals surface area contributed by atoms with Gasteiger partial charge in [0, 0.05) is 17.8 Å². The van der Waals surface area contributed by atoms with Gasteiger partial charge in [0.2, 0.25) is 0 Å². The second-order valence-corrected chi connectivity index (χ2v) is 6.80. The van der Waals surface area contributed by atoms with Crippen LogP contribution in [-0.4, -0.2) is 12.1 Å². The monoisotopic (exact) mass is 346 g/mol.